The van der Waals surface area contributed by atoms with E-state index in [0.717, 1.165) is 0 Å². The normalized spacial score (nSPS) is 12.4. The Morgan fingerprint density at radius 2 is 1.84 bits per heavy atom. The van der Waals surface area contributed by atoms with Crippen LogP contribution in [0.5, 0.6) is 0 Å². The van der Waals surface area contributed by atoms with Crippen LogP contribution in [0.3, 0.4) is 0 Å². The maximum Gasteiger partial charge on any atom is 0.127 e. The average molecular weight is 278 g/mol. The Morgan fingerprint density at radius 1 is 1.16 bits per heavy atom. The molecule has 19 heavy (non-hydrogen) atoms. The van der Waals surface area contributed by atoms with E-state index >= 15 is 0 Å². The van der Waals surface area contributed by atoms with Crippen molar-refractivity contribution < 1.29 is 4.39 Å². The molecule has 1 unspecified atom stereocenters. The molecule has 0 saturated carbocycles. The van der Waals surface area contributed by atoms with Crippen molar-refractivity contribution in [2.24, 2.45) is 0 Å². The minimum atomic E-state index is -0.229. The Morgan fingerprint density at radius 3 is 2.53 bits per heavy atom. The van der Waals surface area contributed by atoms with Gasteiger partial charge in [0, 0.05) is 23.2 Å². The van der Waals surface area contributed by atoms with Crippen molar-refractivity contribution in [1.29, 1.82) is 0 Å². The molecule has 0 spiro atoms. The predicted octanol–water partition coefficient (Wildman–Crippen LogP) is 4.64. The minimum absolute atomic E-state index is 0.166. The van der Waals surface area contributed by atoms with Crippen LogP contribution in [-0.2, 0) is 6.54 Å². The molecule has 0 bridgehead atoms. The lowest BCUT2D eigenvalue weighted by atomic mass is 10.1. The first-order chi connectivity index (χ1) is 9.06. The van der Waals surface area contributed by atoms with Crippen LogP contribution in [0.1, 0.15) is 29.7 Å². The van der Waals surface area contributed by atoms with Crippen LogP contribution in [0, 0.1) is 12.7 Å². The average Bonchev–Trinajstić information content (AvgIpc) is 2.40. The zero-order chi connectivity index (χ0) is 13.8. The summed E-state index contributed by atoms with van der Waals surface area (Å²) in [5.41, 5.74) is 3.01. The van der Waals surface area contributed by atoms with E-state index in [1.54, 1.807) is 12.1 Å². The van der Waals surface area contributed by atoms with Crippen LogP contribution in [0.25, 0.3) is 0 Å². The molecular weight excluding hydrogens is 261 g/mol. The maximum atomic E-state index is 13.6. The third-order valence-corrected chi connectivity index (χ3v) is 3.42. The third kappa shape index (κ3) is 3.79. The Kier molecular flexibility index (Phi) is 4.56. The van der Waals surface area contributed by atoms with E-state index < -0.39 is 0 Å². The van der Waals surface area contributed by atoms with Crippen LogP contribution in [0.15, 0.2) is 42.5 Å². The van der Waals surface area contributed by atoms with Crippen LogP contribution in [0.4, 0.5) is 4.39 Å². The quantitative estimate of drug-likeness (QED) is 0.858. The van der Waals surface area contributed by atoms with E-state index in [1.165, 1.54) is 17.2 Å². The molecular formula is C16H17ClFN. The molecule has 0 saturated heterocycles. The Bertz CT molecular complexity index is 551. The fourth-order valence-electron chi connectivity index (χ4n) is 1.91. The summed E-state index contributed by atoms with van der Waals surface area (Å²) in [7, 11) is 0. The summed E-state index contributed by atoms with van der Waals surface area (Å²) in [6, 6.07) is 13.1. The molecule has 0 aliphatic rings. The minimum Gasteiger partial charge on any atom is -0.306 e. The molecule has 0 aliphatic carbocycles. The van der Waals surface area contributed by atoms with E-state index in [4.69, 9.17) is 11.6 Å². The molecule has 0 aromatic heterocycles. The summed E-state index contributed by atoms with van der Waals surface area (Å²) in [6.07, 6.45) is 0. The number of halogens is 2. The van der Waals surface area contributed by atoms with Crippen molar-refractivity contribution in [3.8, 4) is 0 Å². The van der Waals surface area contributed by atoms with Gasteiger partial charge < -0.3 is 5.32 Å². The molecule has 100 valence electrons. The second kappa shape index (κ2) is 6.18. The van der Waals surface area contributed by atoms with E-state index in [-0.39, 0.29) is 11.9 Å². The summed E-state index contributed by atoms with van der Waals surface area (Å²) in [4.78, 5) is 0. The number of hydrogen-bond acceptors (Lipinski definition) is 1. The molecule has 1 nitrogen and oxygen atoms in total. The number of aryl methyl sites for hydroxylation is 1. The molecule has 2 aromatic carbocycles. The fourth-order valence-corrected chi connectivity index (χ4v) is 2.11. The number of nitrogens with one attached hydrogen (secondary N) is 1. The van der Waals surface area contributed by atoms with Crippen LogP contribution in [0.2, 0.25) is 5.02 Å². The van der Waals surface area contributed by atoms with Crippen LogP contribution < -0.4 is 5.32 Å². The topological polar surface area (TPSA) is 12.0 Å². The predicted molar refractivity (Wildman–Crippen MR) is 77.8 cm³/mol. The van der Waals surface area contributed by atoms with Gasteiger partial charge in [-0.1, -0.05) is 41.4 Å². The zero-order valence-electron chi connectivity index (χ0n) is 11.1. The Hall–Kier alpha value is -1.38. The summed E-state index contributed by atoms with van der Waals surface area (Å²) >= 11 is 5.87. The molecule has 0 heterocycles. The lowest BCUT2D eigenvalue weighted by Crippen LogP contribution is -2.18. The van der Waals surface area contributed by atoms with Gasteiger partial charge in [-0.3, -0.25) is 0 Å². The first-order valence-electron chi connectivity index (χ1n) is 6.30. The highest BCUT2D eigenvalue weighted by atomic mass is 35.5. The van der Waals surface area contributed by atoms with Crippen molar-refractivity contribution >= 4 is 11.6 Å². The van der Waals surface area contributed by atoms with Gasteiger partial charge in [0.1, 0.15) is 5.82 Å². The molecule has 1 atom stereocenters. The lowest BCUT2D eigenvalue weighted by Gasteiger charge is -2.15. The van der Waals surface area contributed by atoms with Crippen molar-refractivity contribution in [2.75, 3.05) is 0 Å². The molecule has 2 rings (SSSR count). The van der Waals surface area contributed by atoms with E-state index in [0.29, 0.717) is 17.1 Å². The van der Waals surface area contributed by atoms with Crippen LogP contribution >= 0.6 is 11.6 Å². The number of hydrogen-bond donors (Lipinski definition) is 1. The van der Waals surface area contributed by atoms with Gasteiger partial charge in [0.15, 0.2) is 0 Å². The van der Waals surface area contributed by atoms with Gasteiger partial charge in [-0.15, -0.1) is 0 Å². The summed E-state index contributed by atoms with van der Waals surface area (Å²) < 4.78 is 13.6. The summed E-state index contributed by atoms with van der Waals surface area (Å²) in [5.74, 6) is -0.229. The Labute approximate surface area is 118 Å². The molecule has 0 fully saturated rings. The first-order valence-corrected chi connectivity index (χ1v) is 6.68. The lowest BCUT2D eigenvalue weighted by molar-refractivity contribution is 0.544. The number of rotatable bonds is 4. The van der Waals surface area contributed by atoms with Crippen molar-refractivity contribution in [2.45, 2.75) is 26.4 Å². The van der Waals surface area contributed by atoms with Crippen molar-refractivity contribution in [3.63, 3.8) is 0 Å². The van der Waals surface area contributed by atoms with Crippen LogP contribution in [-0.4, -0.2) is 0 Å². The molecule has 0 aliphatic heterocycles. The second-order valence-corrected chi connectivity index (χ2v) is 5.19. The SMILES string of the molecule is Cc1ccc(C(C)NCc2cc(Cl)ccc2F)cc1. The van der Waals surface area contributed by atoms with Crippen molar-refractivity contribution in [1.82, 2.24) is 5.32 Å². The standard InChI is InChI=1S/C16H17ClFN/c1-11-3-5-13(6-4-11)12(2)19-10-14-9-15(17)7-8-16(14)18/h3-9,12,19H,10H2,1-2H3. The molecule has 3 heteroatoms. The summed E-state index contributed by atoms with van der Waals surface area (Å²) in [6.45, 7) is 4.58. The maximum absolute atomic E-state index is 13.6. The van der Waals surface area contributed by atoms with Crippen molar-refractivity contribution in [3.05, 3.63) is 70.0 Å². The molecule has 2 aromatic rings. The van der Waals surface area contributed by atoms with Gasteiger partial charge in [0.2, 0.25) is 0 Å². The monoisotopic (exact) mass is 277 g/mol. The molecule has 1 N–H and O–H groups in total. The van der Waals surface area contributed by atoms with E-state index in [1.807, 2.05) is 0 Å². The number of benzene rings is 2. The van der Waals surface area contributed by atoms with E-state index in [2.05, 4.69) is 43.4 Å². The highest BCUT2D eigenvalue weighted by molar-refractivity contribution is 6.30. The third-order valence-electron chi connectivity index (χ3n) is 3.18. The highest BCUT2D eigenvalue weighted by Crippen LogP contribution is 2.17. The van der Waals surface area contributed by atoms with Gasteiger partial charge in [-0.05, 0) is 37.6 Å². The summed E-state index contributed by atoms with van der Waals surface area (Å²) in [5, 5.41) is 3.86. The first kappa shape index (κ1) is 14.0. The Balaban J connectivity index is 2.02. The van der Waals surface area contributed by atoms with Gasteiger partial charge in [-0.25, -0.2) is 4.39 Å². The van der Waals surface area contributed by atoms with Gasteiger partial charge >= 0.3 is 0 Å². The van der Waals surface area contributed by atoms with Gasteiger partial charge in [-0.2, -0.15) is 0 Å². The molecule has 0 radical (unpaired) electrons. The van der Waals surface area contributed by atoms with Gasteiger partial charge in [0.25, 0.3) is 0 Å². The van der Waals surface area contributed by atoms with E-state index in [9.17, 15) is 4.39 Å². The highest BCUT2D eigenvalue weighted by Gasteiger charge is 2.07. The smallest absolute Gasteiger partial charge is 0.127 e. The van der Waals surface area contributed by atoms with Gasteiger partial charge in [0.05, 0.1) is 0 Å². The zero-order valence-corrected chi connectivity index (χ0v) is 11.8. The molecule has 0 amide bonds. The largest absolute Gasteiger partial charge is 0.306 e. The fraction of sp³-hybridized carbons (Fsp3) is 0.250. The second-order valence-electron chi connectivity index (χ2n) is 4.75.